The number of ether oxygens (including phenoxy) is 1. The number of furan rings is 1. The van der Waals surface area contributed by atoms with E-state index in [-0.39, 0.29) is 11.7 Å². The van der Waals surface area contributed by atoms with E-state index in [1.54, 1.807) is 41.3 Å². The molecule has 2 aromatic heterocycles. The van der Waals surface area contributed by atoms with Crippen molar-refractivity contribution in [1.82, 2.24) is 4.98 Å². The van der Waals surface area contributed by atoms with Crippen LogP contribution in [0.25, 0.3) is 11.0 Å². The van der Waals surface area contributed by atoms with Gasteiger partial charge in [0, 0.05) is 40.4 Å². The van der Waals surface area contributed by atoms with Crippen molar-refractivity contribution in [3.05, 3.63) is 64.9 Å². The molecule has 0 fully saturated rings. The molecule has 32 heavy (non-hydrogen) atoms. The van der Waals surface area contributed by atoms with E-state index in [0.29, 0.717) is 28.5 Å². The van der Waals surface area contributed by atoms with Gasteiger partial charge in [-0.1, -0.05) is 30.0 Å². The maximum absolute atomic E-state index is 13.3. The summed E-state index contributed by atoms with van der Waals surface area (Å²) in [7, 11) is 1.52. The van der Waals surface area contributed by atoms with Crippen LogP contribution >= 0.6 is 23.1 Å². The minimum Gasteiger partial charge on any atom is -0.495 e. The predicted molar refractivity (Wildman–Crippen MR) is 128 cm³/mol. The van der Waals surface area contributed by atoms with Crippen molar-refractivity contribution in [1.29, 1.82) is 0 Å². The number of methoxy groups -OCH3 is 1. The summed E-state index contributed by atoms with van der Waals surface area (Å²) in [6.45, 7) is 3.37. The number of aromatic nitrogens is 1. The maximum atomic E-state index is 13.3. The molecule has 0 aliphatic heterocycles. The van der Waals surface area contributed by atoms with Crippen molar-refractivity contribution in [3.63, 3.8) is 0 Å². The Hall–Kier alpha value is -3.30. The standard InChI is InChI=1S/C23H21N3O4S2/c1-13-11-31-23(24-13)32-12-17-16-6-4-5-7-19(16)30-21(17)22(28)26-18-10-15(25-14(2)27)8-9-20(18)29-3/h4-11H,12H2,1-3H3,(H,25,27)(H,26,28). The second kappa shape index (κ2) is 9.46. The summed E-state index contributed by atoms with van der Waals surface area (Å²) in [5.41, 5.74) is 3.39. The van der Waals surface area contributed by atoms with E-state index in [2.05, 4.69) is 15.6 Å². The van der Waals surface area contributed by atoms with E-state index in [4.69, 9.17) is 9.15 Å². The number of hydrogen-bond donors (Lipinski definition) is 2. The molecule has 4 rings (SSSR count). The number of thioether (sulfide) groups is 1. The average molecular weight is 468 g/mol. The molecule has 0 radical (unpaired) electrons. The van der Waals surface area contributed by atoms with E-state index in [0.717, 1.165) is 21.0 Å². The maximum Gasteiger partial charge on any atom is 0.291 e. The van der Waals surface area contributed by atoms with Gasteiger partial charge in [0.05, 0.1) is 12.8 Å². The molecule has 0 spiro atoms. The fraction of sp³-hybridized carbons (Fsp3) is 0.174. The monoisotopic (exact) mass is 467 g/mol. The number of para-hydroxylation sites is 1. The van der Waals surface area contributed by atoms with Crippen LogP contribution in [0.4, 0.5) is 11.4 Å². The molecule has 2 aromatic carbocycles. The van der Waals surface area contributed by atoms with Gasteiger partial charge in [-0.25, -0.2) is 4.98 Å². The van der Waals surface area contributed by atoms with Gasteiger partial charge in [0.25, 0.3) is 5.91 Å². The third kappa shape index (κ3) is 4.79. The molecule has 0 aliphatic carbocycles. The molecule has 164 valence electrons. The number of nitrogens with one attached hydrogen (secondary N) is 2. The number of nitrogens with zero attached hydrogens (tertiary/aromatic N) is 1. The fourth-order valence-corrected chi connectivity index (χ4v) is 5.10. The number of carbonyl (C=O) groups is 2. The second-order valence-corrected chi connectivity index (χ2v) is 9.08. The summed E-state index contributed by atoms with van der Waals surface area (Å²) in [5.74, 6) is 0.638. The molecule has 2 N–H and O–H groups in total. The highest BCUT2D eigenvalue weighted by Crippen LogP contribution is 2.34. The van der Waals surface area contributed by atoms with E-state index in [1.165, 1.54) is 14.0 Å². The highest BCUT2D eigenvalue weighted by Gasteiger charge is 2.22. The van der Waals surface area contributed by atoms with Crippen molar-refractivity contribution >= 4 is 57.3 Å². The Morgan fingerprint density at radius 2 is 2.00 bits per heavy atom. The van der Waals surface area contributed by atoms with E-state index in [9.17, 15) is 9.59 Å². The lowest BCUT2D eigenvalue weighted by Gasteiger charge is -2.12. The number of fused-ring (bicyclic) bond motifs is 1. The summed E-state index contributed by atoms with van der Waals surface area (Å²) >= 11 is 3.14. The number of thiazole rings is 1. The summed E-state index contributed by atoms with van der Waals surface area (Å²) in [5, 5.41) is 8.45. The van der Waals surface area contributed by atoms with Crippen LogP contribution in [-0.2, 0) is 10.5 Å². The Morgan fingerprint density at radius 3 is 2.72 bits per heavy atom. The average Bonchev–Trinajstić information content (AvgIpc) is 3.35. The topological polar surface area (TPSA) is 93.5 Å². The van der Waals surface area contributed by atoms with Gasteiger partial charge < -0.3 is 19.8 Å². The molecule has 0 saturated heterocycles. The lowest BCUT2D eigenvalue weighted by Crippen LogP contribution is -2.14. The van der Waals surface area contributed by atoms with Crippen LogP contribution in [0.1, 0.15) is 28.7 Å². The summed E-state index contributed by atoms with van der Waals surface area (Å²) in [6, 6.07) is 12.6. The highest BCUT2D eigenvalue weighted by molar-refractivity contribution is 8.00. The zero-order valence-corrected chi connectivity index (χ0v) is 19.4. The lowest BCUT2D eigenvalue weighted by atomic mass is 10.1. The quantitative estimate of drug-likeness (QED) is 0.338. The highest BCUT2D eigenvalue weighted by atomic mass is 32.2. The Morgan fingerprint density at radius 1 is 1.19 bits per heavy atom. The van der Waals surface area contributed by atoms with Crippen LogP contribution in [0.3, 0.4) is 0 Å². The van der Waals surface area contributed by atoms with Crippen molar-refractivity contribution in [2.24, 2.45) is 0 Å². The second-order valence-electron chi connectivity index (χ2n) is 7.00. The molecular weight excluding hydrogens is 446 g/mol. The SMILES string of the molecule is COc1ccc(NC(C)=O)cc1NC(=O)c1oc2ccccc2c1CSc1nc(C)cs1. The van der Waals surface area contributed by atoms with Crippen LogP contribution in [0.2, 0.25) is 0 Å². The molecule has 9 heteroatoms. The number of rotatable bonds is 7. The molecule has 2 amide bonds. The first-order valence-corrected chi connectivity index (χ1v) is 11.6. The van der Waals surface area contributed by atoms with Crippen molar-refractivity contribution in [2.75, 3.05) is 17.7 Å². The smallest absolute Gasteiger partial charge is 0.291 e. The largest absolute Gasteiger partial charge is 0.495 e. The number of benzene rings is 2. The van der Waals surface area contributed by atoms with Gasteiger partial charge in [-0.2, -0.15) is 0 Å². The molecule has 0 saturated carbocycles. The molecule has 2 heterocycles. The van der Waals surface area contributed by atoms with Crippen LogP contribution in [-0.4, -0.2) is 23.9 Å². The number of aryl methyl sites for hydroxylation is 1. The van der Waals surface area contributed by atoms with Crippen molar-refractivity contribution < 1.29 is 18.7 Å². The van der Waals surface area contributed by atoms with Crippen LogP contribution in [0, 0.1) is 6.92 Å². The molecule has 0 bridgehead atoms. The molecule has 0 atom stereocenters. The first-order valence-electron chi connectivity index (χ1n) is 9.77. The Balaban J connectivity index is 1.65. The first kappa shape index (κ1) is 21.9. The number of hydrogen-bond acceptors (Lipinski definition) is 7. The van der Waals surface area contributed by atoms with Gasteiger partial charge in [0.1, 0.15) is 15.7 Å². The lowest BCUT2D eigenvalue weighted by molar-refractivity contribution is -0.114. The minimum absolute atomic E-state index is 0.207. The van der Waals surface area contributed by atoms with Crippen LogP contribution < -0.4 is 15.4 Å². The summed E-state index contributed by atoms with van der Waals surface area (Å²) in [6.07, 6.45) is 0. The van der Waals surface area contributed by atoms with Crippen molar-refractivity contribution in [3.8, 4) is 5.75 Å². The number of anilines is 2. The number of carbonyl (C=O) groups excluding carboxylic acids is 2. The van der Waals surface area contributed by atoms with Gasteiger partial charge in [-0.3, -0.25) is 9.59 Å². The van der Waals surface area contributed by atoms with Crippen LogP contribution in [0.15, 0.2) is 56.6 Å². The van der Waals surface area contributed by atoms with Gasteiger partial charge in [0.15, 0.2) is 5.76 Å². The normalized spacial score (nSPS) is 10.8. The third-order valence-electron chi connectivity index (χ3n) is 4.61. The molecule has 0 aliphatic rings. The third-order valence-corrected chi connectivity index (χ3v) is 6.78. The number of amides is 2. The molecule has 7 nitrogen and oxygen atoms in total. The molecular formula is C23H21N3O4S2. The van der Waals surface area contributed by atoms with E-state index < -0.39 is 5.91 Å². The van der Waals surface area contributed by atoms with Gasteiger partial charge in [-0.05, 0) is 31.2 Å². The van der Waals surface area contributed by atoms with E-state index in [1.807, 2.05) is 36.6 Å². The van der Waals surface area contributed by atoms with Crippen LogP contribution in [0.5, 0.6) is 5.75 Å². The minimum atomic E-state index is -0.398. The molecule has 4 aromatic rings. The summed E-state index contributed by atoms with van der Waals surface area (Å²) in [4.78, 5) is 29.1. The zero-order valence-electron chi connectivity index (χ0n) is 17.7. The van der Waals surface area contributed by atoms with Gasteiger partial charge >= 0.3 is 0 Å². The molecule has 0 unspecified atom stereocenters. The fourth-order valence-electron chi connectivity index (χ4n) is 3.22. The Kier molecular flexibility index (Phi) is 6.48. The van der Waals surface area contributed by atoms with Gasteiger partial charge in [-0.15, -0.1) is 11.3 Å². The zero-order chi connectivity index (χ0) is 22.7. The first-order chi connectivity index (χ1) is 15.4. The Bertz CT molecular complexity index is 1300. The Labute approximate surface area is 193 Å². The van der Waals surface area contributed by atoms with Crippen molar-refractivity contribution in [2.45, 2.75) is 23.9 Å². The van der Waals surface area contributed by atoms with E-state index >= 15 is 0 Å². The summed E-state index contributed by atoms with van der Waals surface area (Å²) < 4.78 is 12.2. The van der Waals surface area contributed by atoms with Gasteiger partial charge in [0.2, 0.25) is 5.91 Å². The predicted octanol–water partition coefficient (Wildman–Crippen LogP) is 5.71.